The number of aromatic nitrogens is 2. The molecule has 2 heterocycles. The Hall–Kier alpha value is -1.85. The van der Waals surface area contributed by atoms with Crippen LogP contribution in [0.1, 0.15) is 17.4 Å². The van der Waals surface area contributed by atoms with Crippen LogP contribution in [-0.2, 0) is 18.3 Å². The van der Waals surface area contributed by atoms with Gasteiger partial charge in [0.1, 0.15) is 11.9 Å². The number of hydrogen-bond donors (Lipinski definition) is 1. The zero-order valence-electron chi connectivity index (χ0n) is 12.5. The zero-order chi connectivity index (χ0) is 15.5. The summed E-state index contributed by atoms with van der Waals surface area (Å²) in [5.41, 5.74) is 0.978. The van der Waals surface area contributed by atoms with Crippen LogP contribution in [-0.4, -0.2) is 40.0 Å². The molecule has 1 aromatic heterocycles. The Labute approximate surface area is 134 Å². The molecule has 0 aliphatic carbocycles. The topological polar surface area (TPSA) is 50.2 Å². The van der Waals surface area contributed by atoms with Gasteiger partial charge in [0.2, 0.25) is 5.91 Å². The number of aryl methyl sites for hydroxylation is 1. The lowest BCUT2D eigenvalue weighted by atomic mass is 10.1. The van der Waals surface area contributed by atoms with Crippen LogP contribution >= 0.6 is 11.6 Å². The Morgan fingerprint density at radius 2 is 2.18 bits per heavy atom. The molecule has 2 aromatic rings. The predicted octanol–water partition coefficient (Wildman–Crippen LogP) is 1.79. The number of rotatable bonds is 3. The fraction of sp³-hybridized carbons (Fsp3) is 0.375. The summed E-state index contributed by atoms with van der Waals surface area (Å²) >= 11 is 5.89. The van der Waals surface area contributed by atoms with Gasteiger partial charge in [0.25, 0.3) is 0 Å². The van der Waals surface area contributed by atoms with Gasteiger partial charge in [-0.3, -0.25) is 4.79 Å². The maximum Gasteiger partial charge on any atom is 0.227 e. The van der Waals surface area contributed by atoms with Crippen LogP contribution < -0.4 is 5.32 Å². The van der Waals surface area contributed by atoms with Crippen molar-refractivity contribution in [1.29, 1.82) is 0 Å². The number of nitrogens with one attached hydrogen (secondary N) is 1. The molecule has 5 nitrogen and oxygen atoms in total. The third kappa shape index (κ3) is 3.15. The molecule has 0 bridgehead atoms. The first-order valence-corrected chi connectivity index (χ1v) is 7.75. The van der Waals surface area contributed by atoms with Crippen molar-refractivity contribution in [2.75, 3.05) is 19.6 Å². The van der Waals surface area contributed by atoms with Crippen molar-refractivity contribution in [2.45, 2.75) is 12.5 Å². The standard InChI is InChI=1S/C16H19ClN4O/c1-20-8-7-19-16(20)14-11-18-6-9-21(14)15(22)10-12-2-4-13(17)5-3-12/h2-5,7-8,14,18H,6,9-11H2,1H3. The highest BCUT2D eigenvalue weighted by Crippen LogP contribution is 2.21. The number of amides is 1. The summed E-state index contributed by atoms with van der Waals surface area (Å²) < 4.78 is 1.97. The maximum absolute atomic E-state index is 12.7. The van der Waals surface area contributed by atoms with Gasteiger partial charge in [-0.2, -0.15) is 0 Å². The second kappa shape index (κ2) is 6.50. The normalized spacial score (nSPS) is 18.5. The average Bonchev–Trinajstić information content (AvgIpc) is 2.95. The van der Waals surface area contributed by atoms with E-state index in [0.717, 1.165) is 24.5 Å². The smallest absolute Gasteiger partial charge is 0.227 e. The lowest BCUT2D eigenvalue weighted by molar-refractivity contribution is -0.134. The number of carbonyl (C=O) groups excluding carboxylic acids is 1. The molecule has 1 fully saturated rings. The van der Waals surface area contributed by atoms with Crippen molar-refractivity contribution in [3.05, 3.63) is 53.1 Å². The first-order valence-electron chi connectivity index (χ1n) is 7.37. The van der Waals surface area contributed by atoms with Gasteiger partial charge in [-0.25, -0.2) is 4.98 Å². The molecule has 1 aromatic carbocycles. The molecule has 0 radical (unpaired) electrons. The van der Waals surface area contributed by atoms with Crippen LogP contribution in [0, 0.1) is 0 Å². The van der Waals surface area contributed by atoms with Gasteiger partial charge in [0.05, 0.1) is 6.42 Å². The minimum atomic E-state index is -0.0199. The van der Waals surface area contributed by atoms with Gasteiger partial charge in [-0.05, 0) is 17.7 Å². The minimum absolute atomic E-state index is 0.0199. The second-order valence-corrected chi connectivity index (χ2v) is 5.94. The van der Waals surface area contributed by atoms with E-state index in [9.17, 15) is 4.79 Å². The average molecular weight is 319 g/mol. The van der Waals surface area contributed by atoms with Gasteiger partial charge < -0.3 is 14.8 Å². The first-order chi connectivity index (χ1) is 10.6. The molecule has 1 N–H and O–H groups in total. The number of halogens is 1. The number of nitrogens with zero attached hydrogens (tertiary/aromatic N) is 3. The predicted molar refractivity (Wildman–Crippen MR) is 85.7 cm³/mol. The summed E-state index contributed by atoms with van der Waals surface area (Å²) in [6.07, 6.45) is 4.07. The number of imidazole rings is 1. The lowest BCUT2D eigenvalue weighted by Gasteiger charge is -2.35. The van der Waals surface area contributed by atoms with E-state index in [4.69, 9.17) is 11.6 Å². The van der Waals surface area contributed by atoms with Crippen LogP contribution in [0.25, 0.3) is 0 Å². The fourth-order valence-electron chi connectivity index (χ4n) is 2.81. The summed E-state index contributed by atoms with van der Waals surface area (Å²) in [4.78, 5) is 19.0. The van der Waals surface area contributed by atoms with Gasteiger partial charge >= 0.3 is 0 Å². The molecule has 1 aliphatic rings. The number of benzene rings is 1. The van der Waals surface area contributed by atoms with Crippen molar-refractivity contribution in [3.8, 4) is 0 Å². The first kappa shape index (κ1) is 15.1. The summed E-state index contributed by atoms with van der Waals surface area (Å²) in [7, 11) is 1.96. The van der Waals surface area contributed by atoms with Gasteiger partial charge in [0, 0.05) is 44.1 Å². The largest absolute Gasteiger partial charge is 0.336 e. The third-order valence-electron chi connectivity index (χ3n) is 3.99. The monoisotopic (exact) mass is 318 g/mol. The quantitative estimate of drug-likeness (QED) is 0.938. The van der Waals surface area contributed by atoms with Crippen LogP contribution in [0.4, 0.5) is 0 Å². The highest BCUT2D eigenvalue weighted by molar-refractivity contribution is 6.30. The summed E-state index contributed by atoms with van der Waals surface area (Å²) in [6.45, 7) is 2.24. The third-order valence-corrected chi connectivity index (χ3v) is 4.24. The minimum Gasteiger partial charge on any atom is -0.336 e. The summed E-state index contributed by atoms with van der Waals surface area (Å²) in [5, 5.41) is 4.03. The highest BCUT2D eigenvalue weighted by atomic mass is 35.5. The lowest BCUT2D eigenvalue weighted by Crippen LogP contribution is -2.49. The molecule has 1 amide bonds. The molecule has 1 unspecified atom stereocenters. The van der Waals surface area contributed by atoms with Crippen LogP contribution in [0.3, 0.4) is 0 Å². The second-order valence-electron chi connectivity index (χ2n) is 5.51. The van der Waals surface area contributed by atoms with Crippen LogP contribution in [0.5, 0.6) is 0 Å². The van der Waals surface area contributed by atoms with Crippen molar-refractivity contribution in [1.82, 2.24) is 19.8 Å². The molecule has 1 atom stereocenters. The molecule has 3 rings (SSSR count). The number of hydrogen-bond acceptors (Lipinski definition) is 3. The SMILES string of the molecule is Cn1ccnc1C1CNCCN1C(=O)Cc1ccc(Cl)cc1. The van der Waals surface area contributed by atoms with Crippen molar-refractivity contribution < 1.29 is 4.79 Å². The Kier molecular flexibility index (Phi) is 4.45. The van der Waals surface area contributed by atoms with E-state index in [1.807, 2.05) is 47.0 Å². The molecular formula is C16H19ClN4O. The van der Waals surface area contributed by atoms with E-state index >= 15 is 0 Å². The Morgan fingerprint density at radius 1 is 1.41 bits per heavy atom. The molecule has 6 heteroatoms. The molecular weight excluding hydrogens is 300 g/mol. The Bertz CT molecular complexity index is 652. The van der Waals surface area contributed by atoms with E-state index in [2.05, 4.69) is 10.3 Å². The van der Waals surface area contributed by atoms with E-state index < -0.39 is 0 Å². The number of carbonyl (C=O) groups is 1. The van der Waals surface area contributed by atoms with Crippen molar-refractivity contribution in [3.63, 3.8) is 0 Å². The van der Waals surface area contributed by atoms with Gasteiger partial charge in [0.15, 0.2) is 0 Å². The van der Waals surface area contributed by atoms with Crippen molar-refractivity contribution in [2.24, 2.45) is 7.05 Å². The summed E-state index contributed by atoms with van der Waals surface area (Å²) in [5.74, 6) is 1.04. The van der Waals surface area contributed by atoms with Gasteiger partial charge in [-0.15, -0.1) is 0 Å². The Balaban J connectivity index is 1.77. The highest BCUT2D eigenvalue weighted by Gasteiger charge is 2.30. The molecule has 116 valence electrons. The van der Waals surface area contributed by atoms with E-state index in [1.165, 1.54) is 0 Å². The molecule has 22 heavy (non-hydrogen) atoms. The fourth-order valence-corrected chi connectivity index (χ4v) is 2.94. The molecule has 1 aliphatic heterocycles. The Morgan fingerprint density at radius 3 is 2.86 bits per heavy atom. The van der Waals surface area contributed by atoms with Crippen molar-refractivity contribution >= 4 is 17.5 Å². The number of piperazine rings is 1. The van der Waals surface area contributed by atoms with E-state index in [1.54, 1.807) is 6.20 Å². The molecule has 0 saturated carbocycles. The molecule has 0 spiro atoms. The molecule has 1 saturated heterocycles. The zero-order valence-corrected chi connectivity index (χ0v) is 13.3. The van der Waals surface area contributed by atoms with E-state index in [0.29, 0.717) is 18.0 Å². The van der Waals surface area contributed by atoms with Crippen LogP contribution in [0.15, 0.2) is 36.7 Å². The van der Waals surface area contributed by atoms with Crippen LogP contribution in [0.2, 0.25) is 5.02 Å². The van der Waals surface area contributed by atoms with Gasteiger partial charge in [-0.1, -0.05) is 23.7 Å². The summed E-state index contributed by atoms with van der Waals surface area (Å²) in [6, 6.07) is 7.42. The van der Waals surface area contributed by atoms with E-state index in [-0.39, 0.29) is 11.9 Å². The maximum atomic E-state index is 12.7.